The number of aromatic hydroxyl groups is 1. The van der Waals surface area contributed by atoms with E-state index in [-0.39, 0.29) is 17.9 Å². The quantitative estimate of drug-likeness (QED) is 0.866. The van der Waals surface area contributed by atoms with Gasteiger partial charge in [-0.05, 0) is 37.3 Å². The van der Waals surface area contributed by atoms with Crippen LogP contribution in [0.15, 0.2) is 36.4 Å². The van der Waals surface area contributed by atoms with Gasteiger partial charge in [-0.3, -0.25) is 9.59 Å². The van der Waals surface area contributed by atoms with Crippen LogP contribution in [0.25, 0.3) is 0 Å². The van der Waals surface area contributed by atoms with Gasteiger partial charge in [0.2, 0.25) is 5.91 Å². The highest BCUT2D eigenvalue weighted by Crippen LogP contribution is 2.25. The highest BCUT2D eigenvalue weighted by molar-refractivity contribution is 6.42. The topological polar surface area (TPSA) is 69.6 Å². The minimum atomic E-state index is -0.444. The first-order chi connectivity index (χ1) is 11.3. The summed E-state index contributed by atoms with van der Waals surface area (Å²) in [6, 6.07) is 9.43. The van der Waals surface area contributed by atoms with Gasteiger partial charge in [0, 0.05) is 12.7 Å². The molecule has 0 heterocycles. The summed E-state index contributed by atoms with van der Waals surface area (Å²) >= 11 is 11.7. The van der Waals surface area contributed by atoms with Crippen LogP contribution in [0.4, 0.5) is 5.69 Å². The molecule has 2 aromatic rings. The zero-order valence-electron chi connectivity index (χ0n) is 13.1. The molecule has 0 saturated carbocycles. The zero-order chi connectivity index (χ0) is 17.9. The fourth-order valence-electron chi connectivity index (χ4n) is 2.09. The molecule has 0 aliphatic heterocycles. The van der Waals surface area contributed by atoms with Gasteiger partial charge in [0.1, 0.15) is 5.75 Å². The number of hydrogen-bond acceptors (Lipinski definition) is 3. The second-order valence-corrected chi connectivity index (χ2v) is 6.17. The van der Waals surface area contributed by atoms with Gasteiger partial charge in [-0.15, -0.1) is 0 Å². The highest BCUT2D eigenvalue weighted by Gasteiger charge is 2.18. The van der Waals surface area contributed by atoms with Gasteiger partial charge in [0.25, 0.3) is 5.91 Å². The number of nitrogens with zero attached hydrogens (tertiary/aromatic N) is 1. The molecule has 5 nitrogen and oxygen atoms in total. The Bertz CT molecular complexity index is 793. The van der Waals surface area contributed by atoms with Gasteiger partial charge in [-0.2, -0.15) is 0 Å². The number of carbonyl (C=O) groups is 2. The van der Waals surface area contributed by atoms with Gasteiger partial charge in [0.05, 0.1) is 22.2 Å². The van der Waals surface area contributed by atoms with Crippen LogP contribution in [-0.4, -0.2) is 35.4 Å². The summed E-state index contributed by atoms with van der Waals surface area (Å²) < 4.78 is 0. The fourth-order valence-corrected chi connectivity index (χ4v) is 2.39. The smallest absolute Gasteiger partial charge is 0.257 e. The molecule has 0 aromatic heterocycles. The Balaban J connectivity index is 2.04. The van der Waals surface area contributed by atoms with E-state index in [0.717, 1.165) is 5.56 Å². The Hall–Kier alpha value is -2.24. The third-order valence-electron chi connectivity index (χ3n) is 3.31. The van der Waals surface area contributed by atoms with Crippen molar-refractivity contribution in [1.82, 2.24) is 4.90 Å². The molecule has 24 heavy (non-hydrogen) atoms. The summed E-state index contributed by atoms with van der Waals surface area (Å²) in [4.78, 5) is 25.6. The van der Waals surface area contributed by atoms with Gasteiger partial charge in [-0.1, -0.05) is 34.8 Å². The molecular weight excluding hydrogens is 351 g/mol. The molecule has 0 aliphatic rings. The Labute approximate surface area is 149 Å². The third-order valence-corrected chi connectivity index (χ3v) is 4.05. The van der Waals surface area contributed by atoms with Crippen LogP contribution in [-0.2, 0) is 4.79 Å². The fraction of sp³-hybridized carbons (Fsp3) is 0.176. The van der Waals surface area contributed by atoms with Gasteiger partial charge >= 0.3 is 0 Å². The van der Waals surface area contributed by atoms with Crippen molar-refractivity contribution in [2.75, 3.05) is 18.9 Å². The number of likely N-dealkylation sites (N-methyl/N-ethyl adjacent to an activating group) is 1. The minimum Gasteiger partial charge on any atom is -0.507 e. The molecule has 2 aromatic carbocycles. The van der Waals surface area contributed by atoms with E-state index in [1.165, 1.54) is 24.1 Å². The molecule has 0 saturated heterocycles. The molecule has 126 valence electrons. The van der Waals surface area contributed by atoms with Gasteiger partial charge < -0.3 is 15.3 Å². The highest BCUT2D eigenvalue weighted by atomic mass is 35.5. The standard InChI is InChI=1S/C17H16Cl2N2O3/c1-10-3-6-15(22)12(7-10)17(24)21(2)9-16(23)20-11-4-5-13(18)14(19)8-11/h3-8,22H,9H2,1-2H3,(H,20,23). The maximum Gasteiger partial charge on any atom is 0.257 e. The predicted octanol–water partition coefficient (Wildman–Crippen LogP) is 3.72. The number of benzene rings is 2. The molecule has 0 radical (unpaired) electrons. The van der Waals surface area contributed by atoms with Crippen molar-refractivity contribution in [3.8, 4) is 5.75 Å². The Morgan fingerprint density at radius 1 is 1.12 bits per heavy atom. The molecule has 2 amide bonds. The van der Waals surface area contributed by atoms with E-state index in [1.807, 2.05) is 6.92 Å². The van der Waals surface area contributed by atoms with Crippen molar-refractivity contribution in [3.05, 3.63) is 57.6 Å². The van der Waals surface area contributed by atoms with E-state index in [9.17, 15) is 14.7 Å². The number of phenols is 1. The average molecular weight is 367 g/mol. The molecule has 0 bridgehead atoms. The first-order valence-corrected chi connectivity index (χ1v) is 7.83. The maximum atomic E-state index is 12.4. The van der Waals surface area contributed by atoms with Crippen LogP contribution in [0.2, 0.25) is 10.0 Å². The number of carbonyl (C=O) groups excluding carboxylic acids is 2. The summed E-state index contributed by atoms with van der Waals surface area (Å²) in [5, 5.41) is 13.1. The van der Waals surface area contributed by atoms with Crippen molar-refractivity contribution in [2.24, 2.45) is 0 Å². The van der Waals surface area contributed by atoms with Crippen LogP contribution in [0.3, 0.4) is 0 Å². The van der Waals surface area contributed by atoms with Crippen LogP contribution in [0.5, 0.6) is 5.75 Å². The number of anilines is 1. The molecule has 0 fully saturated rings. The number of nitrogens with one attached hydrogen (secondary N) is 1. The zero-order valence-corrected chi connectivity index (χ0v) is 14.6. The van der Waals surface area contributed by atoms with Crippen LogP contribution < -0.4 is 5.32 Å². The predicted molar refractivity (Wildman–Crippen MR) is 94.9 cm³/mol. The minimum absolute atomic E-state index is 0.123. The van der Waals surface area contributed by atoms with E-state index in [2.05, 4.69) is 5.32 Å². The van der Waals surface area contributed by atoms with E-state index in [1.54, 1.807) is 24.3 Å². The third kappa shape index (κ3) is 4.40. The van der Waals surface area contributed by atoms with Crippen LogP contribution in [0.1, 0.15) is 15.9 Å². The summed E-state index contributed by atoms with van der Waals surface area (Å²) in [6.45, 7) is 1.64. The lowest BCUT2D eigenvalue weighted by Gasteiger charge is -2.18. The lowest BCUT2D eigenvalue weighted by Crippen LogP contribution is -2.35. The average Bonchev–Trinajstić information content (AvgIpc) is 2.52. The number of rotatable bonds is 4. The normalized spacial score (nSPS) is 10.3. The molecule has 0 atom stereocenters. The van der Waals surface area contributed by atoms with E-state index in [0.29, 0.717) is 15.7 Å². The largest absolute Gasteiger partial charge is 0.507 e. The summed E-state index contributed by atoms with van der Waals surface area (Å²) in [6.07, 6.45) is 0. The number of halogens is 2. The summed E-state index contributed by atoms with van der Waals surface area (Å²) in [5.74, 6) is -0.959. The van der Waals surface area contributed by atoms with Crippen molar-refractivity contribution in [2.45, 2.75) is 6.92 Å². The van der Waals surface area contributed by atoms with Crippen LogP contribution in [0, 0.1) is 6.92 Å². The molecule has 0 spiro atoms. The number of amides is 2. The maximum absolute atomic E-state index is 12.4. The van der Waals surface area contributed by atoms with Crippen molar-refractivity contribution in [1.29, 1.82) is 0 Å². The molecular formula is C17H16Cl2N2O3. The molecule has 0 unspecified atom stereocenters. The summed E-state index contributed by atoms with van der Waals surface area (Å²) in [7, 11) is 1.48. The van der Waals surface area contributed by atoms with E-state index >= 15 is 0 Å². The second-order valence-electron chi connectivity index (χ2n) is 5.36. The Morgan fingerprint density at radius 3 is 2.50 bits per heavy atom. The molecule has 2 N–H and O–H groups in total. The lowest BCUT2D eigenvalue weighted by atomic mass is 10.1. The van der Waals surface area contributed by atoms with Crippen LogP contribution >= 0.6 is 23.2 Å². The van der Waals surface area contributed by atoms with Crippen molar-refractivity contribution in [3.63, 3.8) is 0 Å². The number of phenolic OH excluding ortho intramolecular Hbond substituents is 1. The first kappa shape index (κ1) is 18.1. The van der Waals surface area contributed by atoms with Gasteiger partial charge in [0.15, 0.2) is 0 Å². The Kier molecular flexibility index (Phi) is 5.70. The first-order valence-electron chi connectivity index (χ1n) is 7.08. The Morgan fingerprint density at radius 2 is 1.83 bits per heavy atom. The van der Waals surface area contributed by atoms with E-state index in [4.69, 9.17) is 23.2 Å². The second kappa shape index (κ2) is 7.55. The molecule has 2 rings (SSSR count). The molecule has 7 heteroatoms. The summed E-state index contributed by atoms with van der Waals surface area (Å²) in [5.41, 5.74) is 1.47. The lowest BCUT2D eigenvalue weighted by molar-refractivity contribution is -0.116. The van der Waals surface area contributed by atoms with Crippen molar-refractivity contribution < 1.29 is 14.7 Å². The van der Waals surface area contributed by atoms with E-state index < -0.39 is 11.8 Å². The molecule has 0 aliphatic carbocycles. The van der Waals surface area contributed by atoms with Crippen molar-refractivity contribution >= 4 is 40.7 Å². The van der Waals surface area contributed by atoms with Gasteiger partial charge in [-0.25, -0.2) is 0 Å². The number of hydrogen-bond donors (Lipinski definition) is 2. The SMILES string of the molecule is Cc1ccc(O)c(C(=O)N(C)CC(=O)Nc2ccc(Cl)c(Cl)c2)c1. The number of aryl methyl sites for hydroxylation is 1. The monoisotopic (exact) mass is 366 g/mol.